The highest BCUT2D eigenvalue weighted by atomic mass is 79.9. The number of halogens is 1. The molecule has 0 atom stereocenters. The Hall–Kier alpha value is -2.16. The van der Waals surface area contributed by atoms with Crippen LogP contribution < -0.4 is 20.3 Å². The molecular weight excluding hydrogens is 430 g/mol. The molecule has 0 aliphatic carbocycles. The van der Waals surface area contributed by atoms with E-state index >= 15 is 0 Å². The predicted molar refractivity (Wildman–Crippen MR) is 113 cm³/mol. The lowest BCUT2D eigenvalue weighted by molar-refractivity contribution is -0.121. The third kappa shape index (κ3) is 6.20. The lowest BCUT2D eigenvalue weighted by atomic mass is 10.2. The molecule has 2 aromatic rings. The van der Waals surface area contributed by atoms with Crippen molar-refractivity contribution in [2.45, 2.75) is 0 Å². The Bertz CT molecular complexity index is 778. The lowest BCUT2D eigenvalue weighted by Gasteiger charge is -2.28. The van der Waals surface area contributed by atoms with Gasteiger partial charge in [-0.2, -0.15) is 0 Å². The molecule has 27 heavy (non-hydrogen) atoms. The number of anilines is 2. The Morgan fingerprint density at radius 3 is 2.44 bits per heavy atom. The maximum absolute atomic E-state index is 12.0. The fraction of sp³-hybridized carbons (Fsp3) is 0.263. The second-order valence-corrected chi connectivity index (χ2v) is 7.22. The van der Waals surface area contributed by atoms with Gasteiger partial charge < -0.3 is 19.7 Å². The summed E-state index contributed by atoms with van der Waals surface area (Å²) in [5.74, 6) is 0.297. The average Bonchev–Trinajstić information content (AvgIpc) is 2.69. The first-order valence-electron chi connectivity index (χ1n) is 8.52. The number of hydrogen-bond donors (Lipinski definition) is 2. The standard InChI is InChI=1S/C19H20BrN3O3S/c20-14-1-7-17(8-2-14)26-13-18(24)22-19(27)21-15-3-5-16(6-4-15)23-9-11-25-12-10-23/h1-8H,9-13H2,(H2,21,22,24,27). The summed E-state index contributed by atoms with van der Waals surface area (Å²) in [5.41, 5.74) is 1.95. The fourth-order valence-corrected chi connectivity index (χ4v) is 3.08. The summed E-state index contributed by atoms with van der Waals surface area (Å²) in [4.78, 5) is 14.2. The summed E-state index contributed by atoms with van der Waals surface area (Å²) in [6.07, 6.45) is 0. The smallest absolute Gasteiger partial charge is 0.264 e. The fourth-order valence-electron chi connectivity index (χ4n) is 2.58. The van der Waals surface area contributed by atoms with Gasteiger partial charge in [-0.05, 0) is 60.7 Å². The lowest BCUT2D eigenvalue weighted by Crippen LogP contribution is -2.37. The summed E-state index contributed by atoms with van der Waals surface area (Å²) >= 11 is 8.53. The van der Waals surface area contributed by atoms with Crippen LogP contribution in [0.15, 0.2) is 53.0 Å². The van der Waals surface area contributed by atoms with Crippen LogP contribution in [0, 0.1) is 0 Å². The molecule has 6 nitrogen and oxygen atoms in total. The Labute approximate surface area is 172 Å². The van der Waals surface area contributed by atoms with Gasteiger partial charge in [-0.1, -0.05) is 15.9 Å². The minimum Gasteiger partial charge on any atom is -0.484 e. The second-order valence-electron chi connectivity index (χ2n) is 5.89. The molecule has 142 valence electrons. The molecule has 1 aliphatic rings. The van der Waals surface area contributed by atoms with E-state index < -0.39 is 0 Å². The zero-order chi connectivity index (χ0) is 19.1. The van der Waals surface area contributed by atoms with Gasteiger partial charge in [-0.3, -0.25) is 10.1 Å². The zero-order valence-corrected chi connectivity index (χ0v) is 17.0. The van der Waals surface area contributed by atoms with Crippen LogP contribution in [0.2, 0.25) is 0 Å². The molecule has 2 N–H and O–H groups in total. The van der Waals surface area contributed by atoms with Gasteiger partial charge in [0.25, 0.3) is 5.91 Å². The van der Waals surface area contributed by atoms with Crippen LogP contribution in [0.25, 0.3) is 0 Å². The van der Waals surface area contributed by atoms with Gasteiger partial charge in [0.05, 0.1) is 13.2 Å². The normalized spacial score (nSPS) is 13.7. The van der Waals surface area contributed by atoms with Crippen LogP contribution in [0.3, 0.4) is 0 Å². The molecule has 0 bridgehead atoms. The van der Waals surface area contributed by atoms with E-state index in [0.717, 1.165) is 42.2 Å². The SMILES string of the molecule is O=C(COc1ccc(Br)cc1)NC(=S)Nc1ccc(N2CCOCC2)cc1. The highest BCUT2D eigenvalue weighted by molar-refractivity contribution is 9.10. The van der Waals surface area contributed by atoms with Crippen molar-refractivity contribution in [2.24, 2.45) is 0 Å². The van der Waals surface area contributed by atoms with E-state index in [9.17, 15) is 4.79 Å². The average molecular weight is 450 g/mol. The number of carbonyl (C=O) groups excluding carboxylic acids is 1. The number of carbonyl (C=O) groups is 1. The Kier molecular flexibility index (Phi) is 7.03. The summed E-state index contributed by atoms with van der Waals surface area (Å²) in [6, 6.07) is 15.2. The minimum absolute atomic E-state index is 0.112. The molecule has 8 heteroatoms. The van der Waals surface area contributed by atoms with Crippen LogP contribution in [0.5, 0.6) is 5.75 Å². The topological polar surface area (TPSA) is 62.8 Å². The Morgan fingerprint density at radius 2 is 1.78 bits per heavy atom. The molecule has 0 aromatic heterocycles. The van der Waals surface area contributed by atoms with Gasteiger partial charge in [-0.25, -0.2) is 0 Å². The van der Waals surface area contributed by atoms with Crippen molar-refractivity contribution in [2.75, 3.05) is 43.1 Å². The van der Waals surface area contributed by atoms with Crippen molar-refractivity contribution < 1.29 is 14.3 Å². The van der Waals surface area contributed by atoms with Gasteiger partial charge in [-0.15, -0.1) is 0 Å². The Morgan fingerprint density at radius 1 is 1.11 bits per heavy atom. The van der Waals surface area contributed by atoms with Crippen molar-refractivity contribution in [1.82, 2.24) is 5.32 Å². The summed E-state index contributed by atoms with van der Waals surface area (Å²) < 4.78 is 11.7. The van der Waals surface area contributed by atoms with Crippen LogP contribution in [-0.2, 0) is 9.53 Å². The molecule has 1 saturated heterocycles. The van der Waals surface area contributed by atoms with Crippen LogP contribution >= 0.6 is 28.1 Å². The van der Waals surface area contributed by atoms with E-state index in [2.05, 4.69) is 31.5 Å². The maximum atomic E-state index is 12.0. The largest absolute Gasteiger partial charge is 0.484 e. The van der Waals surface area contributed by atoms with Crippen molar-refractivity contribution in [3.63, 3.8) is 0 Å². The molecule has 0 spiro atoms. The number of rotatable bonds is 5. The minimum atomic E-state index is -0.319. The highest BCUT2D eigenvalue weighted by Gasteiger charge is 2.11. The predicted octanol–water partition coefficient (Wildman–Crippen LogP) is 3.18. The van der Waals surface area contributed by atoms with Crippen LogP contribution in [0.4, 0.5) is 11.4 Å². The molecule has 1 amide bonds. The number of hydrogen-bond acceptors (Lipinski definition) is 5. The van der Waals surface area contributed by atoms with E-state index in [0.29, 0.717) is 5.75 Å². The number of thiocarbonyl (C=S) groups is 1. The third-order valence-electron chi connectivity index (χ3n) is 3.94. The molecule has 0 saturated carbocycles. The molecule has 1 heterocycles. The number of nitrogens with one attached hydrogen (secondary N) is 2. The highest BCUT2D eigenvalue weighted by Crippen LogP contribution is 2.19. The summed E-state index contributed by atoms with van der Waals surface area (Å²) in [6.45, 7) is 3.16. The monoisotopic (exact) mass is 449 g/mol. The quantitative estimate of drug-likeness (QED) is 0.683. The van der Waals surface area contributed by atoms with E-state index in [-0.39, 0.29) is 17.6 Å². The molecule has 2 aromatic carbocycles. The third-order valence-corrected chi connectivity index (χ3v) is 4.67. The van der Waals surface area contributed by atoms with Crippen molar-refractivity contribution >= 4 is 50.5 Å². The summed E-state index contributed by atoms with van der Waals surface area (Å²) in [7, 11) is 0. The number of ether oxygens (including phenoxy) is 2. The maximum Gasteiger partial charge on any atom is 0.264 e. The van der Waals surface area contributed by atoms with Gasteiger partial charge in [0, 0.05) is 28.9 Å². The van der Waals surface area contributed by atoms with Gasteiger partial charge in [0.1, 0.15) is 5.75 Å². The molecule has 3 rings (SSSR count). The number of amides is 1. The van der Waals surface area contributed by atoms with Gasteiger partial charge in [0.2, 0.25) is 0 Å². The zero-order valence-electron chi connectivity index (χ0n) is 14.6. The van der Waals surface area contributed by atoms with E-state index in [4.69, 9.17) is 21.7 Å². The number of benzene rings is 2. The first-order valence-corrected chi connectivity index (χ1v) is 9.72. The van der Waals surface area contributed by atoms with Crippen molar-refractivity contribution in [3.8, 4) is 5.75 Å². The summed E-state index contributed by atoms with van der Waals surface area (Å²) in [5, 5.41) is 5.85. The number of nitrogens with zero attached hydrogens (tertiary/aromatic N) is 1. The molecule has 1 aliphatic heterocycles. The first kappa shape index (κ1) is 19.6. The van der Waals surface area contributed by atoms with E-state index in [1.54, 1.807) is 12.1 Å². The van der Waals surface area contributed by atoms with E-state index in [1.165, 1.54) is 0 Å². The van der Waals surface area contributed by atoms with Crippen LogP contribution in [0.1, 0.15) is 0 Å². The van der Waals surface area contributed by atoms with Crippen molar-refractivity contribution in [1.29, 1.82) is 0 Å². The number of morpholine rings is 1. The Balaban J connectivity index is 1.44. The van der Waals surface area contributed by atoms with E-state index in [1.807, 2.05) is 36.4 Å². The molecule has 0 unspecified atom stereocenters. The van der Waals surface area contributed by atoms with Gasteiger partial charge >= 0.3 is 0 Å². The molecule has 1 fully saturated rings. The van der Waals surface area contributed by atoms with Crippen LogP contribution in [-0.4, -0.2) is 43.9 Å². The molecular formula is C19H20BrN3O3S. The second kappa shape index (κ2) is 9.68. The van der Waals surface area contributed by atoms with Gasteiger partial charge in [0.15, 0.2) is 11.7 Å². The van der Waals surface area contributed by atoms with Crippen molar-refractivity contribution in [3.05, 3.63) is 53.0 Å². The first-order chi connectivity index (χ1) is 13.1. The molecule has 0 radical (unpaired) electrons.